The number of aliphatic carboxylic acids is 1. The molecule has 0 unspecified atom stereocenters. The quantitative estimate of drug-likeness (QED) is 0.904. The van der Waals surface area contributed by atoms with E-state index < -0.39 is 11.9 Å². The van der Waals surface area contributed by atoms with E-state index in [4.69, 9.17) is 0 Å². The molecule has 1 saturated heterocycles. The van der Waals surface area contributed by atoms with Gasteiger partial charge in [0.15, 0.2) is 0 Å². The van der Waals surface area contributed by atoms with Crippen LogP contribution in [0.3, 0.4) is 0 Å². The van der Waals surface area contributed by atoms with Crippen molar-refractivity contribution in [2.75, 3.05) is 13.1 Å². The van der Waals surface area contributed by atoms with Crippen LogP contribution in [0.1, 0.15) is 37.8 Å². The summed E-state index contributed by atoms with van der Waals surface area (Å²) in [4.78, 5) is 13.6. The lowest BCUT2D eigenvalue weighted by Crippen LogP contribution is -2.40. The standard InChI is InChI=1S/C16H22FNO2/c1-10-5-6-11(14(17)7-10)12-8-18(16(2,3)4)9-13(12)15(19)20/h5-7,12-13H,8-9H2,1-4H3,(H,19,20)/t12-,13+/m0/s1. The largest absolute Gasteiger partial charge is 0.481 e. The summed E-state index contributed by atoms with van der Waals surface area (Å²) in [5, 5.41) is 9.42. The highest BCUT2D eigenvalue weighted by atomic mass is 19.1. The van der Waals surface area contributed by atoms with E-state index >= 15 is 0 Å². The zero-order valence-corrected chi connectivity index (χ0v) is 12.5. The number of halogens is 1. The fraction of sp³-hybridized carbons (Fsp3) is 0.562. The number of carboxylic acid groups (broad SMARTS) is 1. The van der Waals surface area contributed by atoms with Gasteiger partial charge >= 0.3 is 5.97 Å². The first-order valence-electron chi connectivity index (χ1n) is 6.94. The second-order valence-electron chi connectivity index (χ2n) is 6.65. The van der Waals surface area contributed by atoms with Gasteiger partial charge in [-0.3, -0.25) is 9.69 Å². The van der Waals surface area contributed by atoms with Gasteiger partial charge in [-0.15, -0.1) is 0 Å². The molecule has 1 aliphatic heterocycles. The monoisotopic (exact) mass is 279 g/mol. The molecule has 0 radical (unpaired) electrons. The van der Waals surface area contributed by atoms with E-state index in [9.17, 15) is 14.3 Å². The summed E-state index contributed by atoms with van der Waals surface area (Å²) in [5.74, 6) is -1.97. The van der Waals surface area contributed by atoms with Gasteiger partial charge in [-0.2, -0.15) is 0 Å². The van der Waals surface area contributed by atoms with Crippen LogP contribution in [0.2, 0.25) is 0 Å². The van der Waals surface area contributed by atoms with Crippen LogP contribution < -0.4 is 0 Å². The minimum absolute atomic E-state index is 0.108. The second kappa shape index (κ2) is 5.17. The highest BCUT2D eigenvalue weighted by molar-refractivity contribution is 5.72. The van der Waals surface area contributed by atoms with Crippen molar-refractivity contribution in [1.29, 1.82) is 0 Å². The summed E-state index contributed by atoms with van der Waals surface area (Å²) < 4.78 is 14.2. The van der Waals surface area contributed by atoms with Crippen LogP contribution in [-0.4, -0.2) is 34.6 Å². The maximum Gasteiger partial charge on any atom is 0.308 e. The summed E-state index contributed by atoms with van der Waals surface area (Å²) in [6, 6.07) is 5.06. The average Bonchev–Trinajstić information content (AvgIpc) is 2.73. The Labute approximate surface area is 119 Å². The molecule has 2 rings (SSSR count). The van der Waals surface area contributed by atoms with Crippen LogP contribution in [0.4, 0.5) is 4.39 Å². The fourth-order valence-corrected chi connectivity index (χ4v) is 2.85. The van der Waals surface area contributed by atoms with Crippen LogP contribution in [0.15, 0.2) is 18.2 Å². The number of hydrogen-bond acceptors (Lipinski definition) is 2. The topological polar surface area (TPSA) is 40.5 Å². The van der Waals surface area contributed by atoms with E-state index in [-0.39, 0.29) is 17.3 Å². The van der Waals surface area contributed by atoms with Crippen molar-refractivity contribution >= 4 is 5.97 Å². The number of hydrogen-bond donors (Lipinski definition) is 1. The molecule has 1 aromatic carbocycles. The zero-order valence-electron chi connectivity index (χ0n) is 12.5. The number of carbonyl (C=O) groups is 1. The van der Waals surface area contributed by atoms with Gasteiger partial charge in [-0.25, -0.2) is 4.39 Å². The Morgan fingerprint density at radius 1 is 1.35 bits per heavy atom. The van der Waals surface area contributed by atoms with Gasteiger partial charge in [0.05, 0.1) is 5.92 Å². The van der Waals surface area contributed by atoms with Gasteiger partial charge in [0.25, 0.3) is 0 Å². The SMILES string of the molecule is Cc1ccc([C@@H]2CN(C(C)(C)C)C[C@H]2C(=O)O)c(F)c1. The molecule has 4 heteroatoms. The maximum absolute atomic E-state index is 14.2. The minimum atomic E-state index is -0.846. The molecular weight excluding hydrogens is 257 g/mol. The number of nitrogens with zero attached hydrogens (tertiary/aromatic N) is 1. The highest BCUT2D eigenvalue weighted by Crippen LogP contribution is 2.37. The summed E-state index contributed by atoms with van der Waals surface area (Å²) in [7, 11) is 0. The maximum atomic E-state index is 14.2. The van der Waals surface area contributed by atoms with E-state index in [2.05, 4.69) is 25.7 Å². The van der Waals surface area contributed by atoms with Crippen molar-refractivity contribution in [3.63, 3.8) is 0 Å². The van der Waals surface area contributed by atoms with Gasteiger partial charge in [0, 0.05) is 24.5 Å². The smallest absolute Gasteiger partial charge is 0.308 e. The summed E-state index contributed by atoms with van der Waals surface area (Å²) in [5.41, 5.74) is 1.27. The molecule has 20 heavy (non-hydrogen) atoms. The molecule has 1 aliphatic rings. The Morgan fingerprint density at radius 3 is 2.50 bits per heavy atom. The zero-order chi connectivity index (χ0) is 15.1. The molecule has 1 aromatic rings. The second-order valence-corrected chi connectivity index (χ2v) is 6.65. The summed E-state index contributed by atoms with van der Waals surface area (Å²) >= 11 is 0. The van der Waals surface area contributed by atoms with Crippen LogP contribution in [0.25, 0.3) is 0 Å². The van der Waals surface area contributed by atoms with Gasteiger partial charge in [0.1, 0.15) is 5.82 Å². The molecule has 1 fully saturated rings. The molecule has 0 amide bonds. The number of rotatable bonds is 2. The third-order valence-electron chi connectivity index (χ3n) is 4.14. The number of aryl methyl sites for hydroxylation is 1. The molecular formula is C16H22FNO2. The van der Waals surface area contributed by atoms with Crippen LogP contribution in [0, 0.1) is 18.7 Å². The van der Waals surface area contributed by atoms with Crippen molar-refractivity contribution in [3.05, 3.63) is 35.1 Å². The summed E-state index contributed by atoms with van der Waals surface area (Å²) in [6.07, 6.45) is 0. The minimum Gasteiger partial charge on any atom is -0.481 e. The van der Waals surface area contributed by atoms with Crippen LogP contribution in [0.5, 0.6) is 0 Å². The molecule has 2 atom stereocenters. The molecule has 0 bridgehead atoms. The molecule has 0 aromatic heterocycles. The predicted octanol–water partition coefficient (Wildman–Crippen LogP) is 3.03. The first-order valence-corrected chi connectivity index (χ1v) is 6.94. The van der Waals surface area contributed by atoms with E-state index in [0.29, 0.717) is 18.7 Å². The Kier molecular flexibility index (Phi) is 3.87. The third kappa shape index (κ3) is 2.85. The lowest BCUT2D eigenvalue weighted by Gasteiger charge is -2.31. The van der Waals surface area contributed by atoms with Gasteiger partial charge in [-0.1, -0.05) is 12.1 Å². The lowest BCUT2D eigenvalue weighted by molar-refractivity contribution is -0.141. The Balaban J connectivity index is 2.35. The number of benzene rings is 1. The first-order chi connectivity index (χ1) is 9.20. The van der Waals surface area contributed by atoms with Crippen molar-refractivity contribution in [1.82, 2.24) is 4.90 Å². The predicted molar refractivity (Wildman–Crippen MR) is 76.3 cm³/mol. The Bertz CT molecular complexity index is 522. The van der Waals surface area contributed by atoms with Gasteiger partial charge in [-0.05, 0) is 44.9 Å². The van der Waals surface area contributed by atoms with Crippen molar-refractivity contribution in [2.45, 2.75) is 39.2 Å². The van der Waals surface area contributed by atoms with E-state index in [1.165, 1.54) is 6.07 Å². The third-order valence-corrected chi connectivity index (χ3v) is 4.14. The normalized spacial score (nSPS) is 24.1. The van der Waals surface area contributed by atoms with E-state index in [1.54, 1.807) is 6.07 Å². The van der Waals surface area contributed by atoms with E-state index in [1.807, 2.05) is 13.0 Å². The van der Waals surface area contributed by atoms with Crippen molar-refractivity contribution in [2.24, 2.45) is 5.92 Å². The fourth-order valence-electron chi connectivity index (χ4n) is 2.85. The van der Waals surface area contributed by atoms with Crippen LogP contribution in [-0.2, 0) is 4.79 Å². The molecule has 0 saturated carbocycles. The molecule has 1 N–H and O–H groups in total. The molecule has 3 nitrogen and oxygen atoms in total. The number of carboxylic acids is 1. The van der Waals surface area contributed by atoms with Crippen LogP contribution >= 0.6 is 0 Å². The highest BCUT2D eigenvalue weighted by Gasteiger charge is 2.42. The molecule has 0 spiro atoms. The lowest BCUT2D eigenvalue weighted by atomic mass is 9.88. The average molecular weight is 279 g/mol. The van der Waals surface area contributed by atoms with E-state index in [0.717, 1.165) is 5.56 Å². The molecule has 0 aliphatic carbocycles. The molecule has 110 valence electrons. The Morgan fingerprint density at radius 2 is 2.00 bits per heavy atom. The summed E-state index contributed by atoms with van der Waals surface area (Å²) in [6.45, 7) is 9.05. The van der Waals surface area contributed by atoms with Gasteiger partial charge in [0.2, 0.25) is 0 Å². The van der Waals surface area contributed by atoms with Crippen molar-refractivity contribution < 1.29 is 14.3 Å². The number of likely N-dealkylation sites (tertiary alicyclic amines) is 1. The van der Waals surface area contributed by atoms with Crippen molar-refractivity contribution in [3.8, 4) is 0 Å². The first kappa shape index (κ1) is 15.0. The Hall–Kier alpha value is -1.42. The van der Waals surface area contributed by atoms with Gasteiger partial charge < -0.3 is 5.11 Å². The molecule has 1 heterocycles.